The number of hydrogen-bond acceptors (Lipinski definition) is 4. The standard InChI is InChI=1S/C19H22N4/c1-23-12-17(18(21)13-23)19(15-7-3-2-4-8-15)22-11-14-6-5-9-16(20)10-14/h2-10H,11-13,20-21H2,1H3. The van der Waals surface area contributed by atoms with Gasteiger partial charge >= 0.3 is 0 Å². The zero-order valence-electron chi connectivity index (χ0n) is 13.4. The molecule has 1 aliphatic heterocycles. The summed E-state index contributed by atoms with van der Waals surface area (Å²) in [5.74, 6) is 0. The fraction of sp³-hybridized carbons (Fsp3) is 0.211. The van der Waals surface area contributed by atoms with E-state index in [9.17, 15) is 0 Å². The molecule has 0 spiro atoms. The summed E-state index contributed by atoms with van der Waals surface area (Å²) < 4.78 is 0. The van der Waals surface area contributed by atoms with Crippen molar-refractivity contribution < 1.29 is 0 Å². The van der Waals surface area contributed by atoms with Gasteiger partial charge in [0, 0.05) is 35.6 Å². The predicted molar refractivity (Wildman–Crippen MR) is 96.2 cm³/mol. The van der Waals surface area contributed by atoms with Gasteiger partial charge in [0.2, 0.25) is 0 Å². The number of hydrogen-bond donors (Lipinski definition) is 2. The molecule has 0 bridgehead atoms. The summed E-state index contributed by atoms with van der Waals surface area (Å²) in [6.45, 7) is 2.21. The van der Waals surface area contributed by atoms with Gasteiger partial charge in [-0.2, -0.15) is 0 Å². The molecular formula is C19H22N4. The zero-order chi connectivity index (χ0) is 16.2. The molecule has 0 radical (unpaired) electrons. The van der Waals surface area contributed by atoms with E-state index < -0.39 is 0 Å². The fourth-order valence-electron chi connectivity index (χ4n) is 2.86. The van der Waals surface area contributed by atoms with Crippen LogP contribution in [0.1, 0.15) is 11.1 Å². The first-order valence-corrected chi connectivity index (χ1v) is 7.74. The third kappa shape index (κ3) is 3.60. The number of nitrogen functional groups attached to an aromatic ring is 1. The number of aliphatic imine (C=N–C) groups is 1. The second-order valence-electron chi connectivity index (χ2n) is 5.95. The largest absolute Gasteiger partial charge is 0.401 e. The molecule has 2 aromatic carbocycles. The van der Waals surface area contributed by atoms with Crippen molar-refractivity contribution in [2.24, 2.45) is 10.7 Å². The zero-order valence-corrected chi connectivity index (χ0v) is 13.4. The Morgan fingerprint density at radius 3 is 2.48 bits per heavy atom. The maximum Gasteiger partial charge on any atom is 0.0713 e. The lowest BCUT2D eigenvalue weighted by atomic mass is 10.0. The lowest BCUT2D eigenvalue weighted by Crippen LogP contribution is -2.17. The smallest absolute Gasteiger partial charge is 0.0713 e. The van der Waals surface area contributed by atoms with Gasteiger partial charge in [-0.3, -0.25) is 9.89 Å². The minimum absolute atomic E-state index is 0.593. The van der Waals surface area contributed by atoms with Gasteiger partial charge in [0.05, 0.1) is 12.3 Å². The van der Waals surface area contributed by atoms with Gasteiger partial charge in [-0.25, -0.2) is 0 Å². The van der Waals surface area contributed by atoms with Gasteiger partial charge in [0.25, 0.3) is 0 Å². The predicted octanol–water partition coefficient (Wildman–Crippen LogP) is 2.42. The van der Waals surface area contributed by atoms with Crippen molar-refractivity contribution in [2.45, 2.75) is 6.54 Å². The Labute approximate surface area is 137 Å². The van der Waals surface area contributed by atoms with Crippen LogP contribution in [-0.4, -0.2) is 30.7 Å². The first-order valence-electron chi connectivity index (χ1n) is 7.74. The molecule has 118 valence electrons. The van der Waals surface area contributed by atoms with E-state index in [-0.39, 0.29) is 0 Å². The quantitative estimate of drug-likeness (QED) is 0.673. The van der Waals surface area contributed by atoms with Crippen LogP contribution in [0.4, 0.5) is 5.69 Å². The number of nitrogens with zero attached hydrogens (tertiary/aromatic N) is 2. The highest BCUT2D eigenvalue weighted by Crippen LogP contribution is 2.19. The number of nitrogens with two attached hydrogens (primary N) is 2. The third-order valence-corrected chi connectivity index (χ3v) is 3.96. The fourth-order valence-corrected chi connectivity index (χ4v) is 2.86. The molecule has 4 heteroatoms. The SMILES string of the molecule is CN1CC(N)=C(C(=NCc2cccc(N)c2)c2ccccc2)C1. The molecule has 0 fully saturated rings. The molecule has 2 aromatic rings. The van der Waals surface area contributed by atoms with Gasteiger partial charge in [-0.05, 0) is 24.7 Å². The van der Waals surface area contributed by atoms with Gasteiger partial charge in [0.15, 0.2) is 0 Å². The molecule has 4 N–H and O–H groups in total. The summed E-state index contributed by atoms with van der Waals surface area (Å²) in [6, 6.07) is 18.1. The highest BCUT2D eigenvalue weighted by Gasteiger charge is 2.21. The summed E-state index contributed by atoms with van der Waals surface area (Å²) in [7, 11) is 2.07. The monoisotopic (exact) mass is 306 g/mol. The van der Waals surface area contributed by atoms with Crippen molar-refractivity contribution in [3.8, 4) is 0 Å². The summed E-state index contributed by atoms with van der Waals surface area (Å²) in [5.41, 5.74) is 18.1. The number of likely N-dealkylation sites (N-methyl/N-ethyl adjacent to an activating group) is 1. The van der Waals surface area contributed by atoms with Crippen LogP contribution in [0.3, 0.4) is 0 Å². The molecule has 0 atom stereocenters. The molecule has 4 nitrogen and oxygen atoms in total. The van der Waals surface area contributed by atoms with Gasteiger partial charge in [-0.15, -0.1) is 0 Å². The summed E-state index contributed by atoms with van der Waals surface area (Å²) >= 11 is 0. The summed E-state index contributed by atoms with van der Waals surface area (Å²) in [6.07, 6.45) is 0. The minimum atomic E-state index is 0.593. The molecule has 0 amide bonds. The van der Waals surface area contributed by atoms with Crippen molar-refractivity contribution in [1.82, 2.24) is 4.90 Å². The van der Waals surface area contributed by atoms with E-state index in [0.29, 0.717) is 6.54 Å². The Hall–Kier alpha value is -2.59. The molecule has 0 unspecified atom stereocenters. The Kier molecular flexibility index (Phi) is 4.44. The van der Waals surface area contributed by atoms with Crippen molar-refractivity contribution in [1.29, 1.82) is 0 Å². The lowest BCUT2D eigenvalue weighted by Gasteiger charge is -2.11. The van der Waals surface area contributed by atoms with Crippen LogP contribution >= 0.6 is 0 Å². The Morgan fingerprint density at radius 2 is 1.83 bits per heavy atom. The first-order chi connectivity index (χ1) is 11.1. The molecule has 0 aromatic heterocycles. The number of benzene rings is 2. The van der Waals surface area contributed by atoms with E-state index in [0.717, 1.165) is 46.9 Å². The van der Waals surface area contributed by atoms with Crippen molar-refractivity contribution in [3.63, 3.8) is 0 Å². The third-order valence-electron chi connectivity index (χ3n) is 3.96. The Balaban J connectivity index is 1.96. The normalized spacial score (nSPS) is 16.1. The molecule has 23 heavy (non-hydrogen) atoms. The molecule has 0 aliphatic carbocycles. The average Bonchev–Trinajstić information content (AvgIpc) is 2.87. The Morgan fingerprint density at radius 1 is 1.04 bits per heavy atom. The number of rotatable bonds is 4. The van der Waals surface area contributed by atoms with E-state index in [1.807, 2.05) is 42.5 Å². The van der Waals surface area contributed by atoms with Crippen LogP contribution in [0.5, 0.6) is 0 Å². The number of anilines is 1. The van der Waals surface area contributed by atoms with Crippen molar-refractivity contribution in [3.05, 3.63) is 77.0 Å². The highest BCUT2D eigenvalue weighted by molar-refractivity contribution is 6.13. The molecule has 1 heterocycles. The molecule has 0 saturated carbocycles. The lowest BCUT2D eigenvalue weighted by molar-refractivity contribution is 0.426. The van der Waals surface area contributed by atoms with E-state index >= 15 is 0 Å². The molecule has 3 rings (SSSR count). The van der Waals surface area contributed by atoms with Crippen LogP contribution < -0.4 is 11.5 Å². The summed E-state index contributed by atoms with van der Waals surface area (Å²) in [4.78, 5) is 7.07. The van der Waals surface area contributed by atoms with E-state index in [1.165, 1.54) is 0 Å². The van der Waals surface area contributed by atoms with Crippen LogP contribution in [0.15, 0.2) is 70.9 Å². The minimum Gasteiger partial charge on any atom is -0.401 e. The van der Waals surface area contributed by atoms with Crippen LogP contribution in [0.25, 0.3) is 0 Å². The van der Waals surface area contributed by atoms with Crippen molar-refractivity contribution >= 4 is 11.4 Å². The van der Waals surface area contributed by atoms with Crippen LogP contribution in [-0.2, 0) is 6.54 Å². The molecular weight excluding hydrogens is 284 g/mol. The maximum atomic E-state index is 6.24. The van der Waals surface area contributed by atoms with Gasteiger partial charge < -0.3 is 11.5 Å². The summed E-state index contributed by atoms with van der Waals surface area (Å²) in [5, 5.41) is 0. The molecule has 1 aliphatic rings. The highest BCUT2D eigenvalue weighted by atomic mass is 15.1. The second-order valence-corrected chi connectivity index (χ2v) is 5.95. The van der Waals surface area contributed by atoms with Gasteiger partial charge in [-0.1, -0.05) is 42.5 Å². The van der Waals surface area contributed by atoms with E-state index in [1.54, 1.807) is 0 Å². The van der Waals surface area contributed by atoms with Gasteiger partial charge in [0.1, 0.15) is 0 Å². The van der Waals surface area contributed by atoms with E-state index in [4.69, 9.17) is 16.5 Å². The topological polar surface area (TPSA) is 67.6 Å². The maximum absolute atomic E-state index is 6.24. The average molecular weight is 306 g/mol. The second kappa shape index (κ2) is 6.67. The van der Waals surface area contributed by atoms with Crippen LogP contribution in [0, 0.1) is 0 Å². The van der Waals surface area contributed by atoms with E-state index in [2.05, 4.69) is 24.1 Å². The molecule has 0 saturated heterocycles. The first kappa shape index (κ1) is 15.3. The van der Waals surface area contributed by atoms with Crippen LogP contribution in [0.2, 0.25) is 0 Å². The van der Waals surface area contributed by atoms with Crippen molar-refractivity contribution in [2.75, 3.05) is 25.9 Å². The Bertz CT molecular complexity index is 747.